The van der Waals surface area contributed by atoms with Crippen molar-refractivity contribution in [3.05, 3.63) is 0 Å². The highest BCUT2D eigenvalue weighted by molar-refractivity contribution is 4.89. The van der Waals surface area contributed by atoms with Crippen molar-refractivity contribution in [1.29, 1.82) is 15.8 Å². The monoisotopic (exact) mass is 395 g/mol. The van der Waals surface area contributed by atoms with Crippen LogP contribution in [0.3, 0.4) is 0 Å². The van der Waals surface area contributed by atoms with Crippen LogP contribution in [-0.4, -0.2) is 66.6 Å². The lowest BCUT2D eigenvalue weighted by Crippen LogP contribution is -2.28. The number of ether oxygens (including phenoxy) is 5. The van der Waals surface area contributed by atoms with Crippen molar-refractivity contribution in [1.82, 2.24) is 0 Å². The Morgan fingerprint density at radius 1 is 0.571 bits per heavy atom. The first-order valence-corrected chi connectivity index (χ1v) is 9.65. The number of hydrogen-bond donors (Lipinski definition) is 0. The van der Waals surface area contributed by atoms with Crippen LogP contribution in [0.1, 0.15) is 38.5 Å². The van der Waals surface area contributed by atoms with E-state index in [1.54, 1.807) is 7.11 Å². The molecule has 0 rings (SSSR count). The zero-order valence-corrected chi connectivity index (χ0v) is 17.0. The summed E-state index contributed by atoms with van der Waals surface area (Å²) in [5, 5.41) is 26.7. The quantitative estimate of drug-likeness (QED) is 0.289. The first-order chi connectivity index (χ1) is 13.7. The minimum absolute atomic E-state index is 0.298. The van der Waals surface area contributed by atoms with Crippen molar-refractivity contribution in [2.45, 2.75) is 38.5 Å². The van der Waals surface area contributed by atoms with Crippen molar-refractivity contribution >= 4 is 0 Å². The molecule has 0 radical (unpaired) electrons. The molecule has 0 spiro atoms. The summed E-state index contributed by atoms with van der Waals surface area (Å²) < 4.78 is 26.8. The van der Waals surface area contributed by atoms with Crippen LogP contribution in [-0.2, 0) is 23.7 Å². The fourth-order valence-electron chi connectivity index (χ4n) is 2.65. The highest BCUT2D eigenvalue weighted by atomic mass is 16.6. The molecular formula is C20H33N3O5. The summed E-state index contributed by atoms with van der Waals surface area (Å²) in [4.78, 5) is 0. The average Bonchev–Trinajstić information content (AvgIpc) is 2.72. The van der Waals surface area contributed by atoms with Gasteiger partial charge in [0, 0.05) is 26.4 Å². The fraction of sp³-hybridized carbons (Fsp3) is 0.850. The molecule has 0 aliphatic rings. The average molecular weight is 396 g/mol. The molecule has 0 amide bonds. The number of hydrogen-bond acceptors (Lipinski definition) is 8. The summed E-state index contributed by atoms with van der Waals surface area (Å²) in [6, 6.07) is 6.45. The number of rotatable bonds is 20. The van der Waals surface area contributed by atoms with Crippen LogP contribution in [0.15, 0.2) is 0 Å². The maximum atomic E-state index is 8.90. The summed E-state index contributed by atoms with van der Waals surface area (Å²) in [5.41, 5.74) is -0.298. The predicted molar refractivity (Wildman–Crippen MR) is 102 cm³/mol. The van der Waals surface area contributed by atoms with E-state index in [4.69, 9.17) is 39.5 Å². The summed E-state index contributed by atoms with van der Waals surface area (Å²) >= 11 is 0. The maximum Gasteiger partial charge on any atom is 0.0701 e. The number of nitriles is 3. The van der Waals surface area contributed by atoms with Gasteiger partial charge in [0.15, 0.2) is 0 Å². The third-order valence-corrected chi connectivity index (χ3v) is 4.26. The molecule has 0 bridgehead atoms. The summed E-state index contributed by atoms with van der Waals surface area (Å²) in [5.74, 6) is 0. The van der Waals surface area contributed by atoms with E-state index in [0.717, 1.165) is 0 Å². The van der Waals surface area contributed by atoms with Gasteiger partial charge in [0.2, 0.25) is 0 Å². The molecule has 0 unspecified atom stereocenters. The molecule has 28 heavy (non-hydrogen) atoms. The van der Waals surface area contributed by atoms with Gasteiger partial charge < -0.3 is 23.7 Å². The Morgan fingerprint density at radius 2 is 0.929 bits per heavy atom. The van der Waals surface area contributed by atoms with Crippen molar-refractivity contribution in [3.8, 4) is 18.2 Å². The molecule has 0 aliphatic heterocycles. The summed E-state index contributed by atoms with van der Waals surface area (Å²) in [6.07, 6.45) is 3.08. The van der Waals surface area contributed by atoms with E-state index in [0.29, 0.717) is 98.0 Å². The number of methoxy groups -OCH3 is 1. The van der Waals surface area contributed by atoms with Gasteiger partial charge in [0.1, 0.15) is 0 Å². The van der Waals surface area contributed by atoms with Crippen LogP contribution in [0, 0.1) is 39.4 Å². The second-order valence-corrected chi connectivity index (χ2v) is 6.36. The Hall–Kier alpha value is -1.73. The van der Waals surface area contributed by atoms with Crippen LogP contribution in [0.4, 0.5) is 0 Å². The van der Waals surface area contributed by atoms with Crippen molar-refractivity contribution in [2.75, 3.05) is 66.6 Å². The van der Waals surface area contributed by atoms with Crippen LogP contribution >= 0.6 is 0 Å². The van der Waals surface area contributed by atoms with Gasteiger partial charge >= 0.3 is 0 Å². The zero-order valence-electron chi connectivity index (χ0n) is 17.0. The van der Waals surface area contributed by atoms with E-state index in [9.17, 15) is 0 Å². The third kappa shape index (κ3) is 15.3. The van der Waals surface area contributed by atoms with Gasteiger partial charge in [-0.05, 0) is 24.7 Å². The SMILES string of the molecule is COCCOCCOCCOCCOCC(CCC#N)(CCC#N)CCC#N. The Labute approximate surface area is 168 Å². The lowest BCUT2D eigenvalue weighted by molar-refractivity contribution is -0.0238. The van der Waals surface area contributed by atoms with Crippen LogP contribution in [0.25, 0.3) is 0 Å². The third-order valence-electron chi connectivity index (χ3n) is 4.26. The molecule has 0 atom stereocenters. The first-order valence-electron chi connectivity index (χ1n) is 9.65. The van der Waals surface area contributed by atoms with Crippen LogP contribution in [0.5, 0.6) is 0 Å². The zero-order chi connectivity index (χ0) is 20.8. The molecule has 158 valence electrons. The lowest BCUT2D eigenvalue weighted by atomic mass is 9.76. The van der Waals surface area contributed by atoms with Gasteiger partial charge in [-0.25, -0.2) is 0 Å². The van der Waals surface area contributed by atoms with Gasteiger partial charge in [-0.1, -0.05) is 0 Å². The normalized spacial score (nSPS) is 10.9. The fourth-order valence-corrected chi connectivity index (χ4v) is 2.65. The molecule has 0 saturated heterocycles. The van der Waals surface area contributed by atoms with Crippen LogP contribution < -0.4 is 0 Å². The minimum atomic E-state index is -0.298. The van der Waals surface area contributed by atoms with Crippen molar-refractivity contribution in [2.24, 2.45) is 5.41 Å². The molecule has 0 aromatic heterocycles. The Bertz CT molecular complexity index is 436. The van der Waals surface area contributed by atoms with Gasteiger partial charge in [-0.15, -0.1) is 0 Å². The van der Waals surface area contributed by atoms with Gasteiger partial charge in [-0.3, -0.25) is 0 Å². The molecule has 0 aromatic carbocycles. The minimum Gasteiger partial charge on any atom is -0.382 e. The van der Waals surface area contributed by atoms with Crippen molar-refractivity contribution < 1.29 is 23.7 Å². The Morgan fingerprint density at radius 3 is 1.29 bits per heavy atom. The molecule has 0 aliphatic carbocycles. The second kappa shape index (κ2) is 20.0. The first kappa shape index (κ1) is 26.3. The summed E-state index contributed by atoms with van der Waals surface area (Å²) in [6.45, 7) is 4.45. The van der Waals surface area contributed by atoms with Crippen molar-refractivity contribution in [3.63, 3.8) is 0 Å². The Kier molecular flexibility index (Phi) is 18.8. The van der Waals surface area contributed by atoms with E-state index in [1.165, 1.54) is 0 Å². The highest BCUT2D eigenvalue weighted by Crippen LogP contribution is 2.35. The highest BCUT2D eigenvalue weighted by Gasteiger charge is 2.29. The topological polar surface area (TPSA) is 118 Å². The van der Waals surface area contributed by atoms with E-state index in [-0.39, 0.29) is 5.41 Å². The van der Waals surface area contributed by atoms with Gasteiger partial charge in [0.25, 0.3) is 0 Å². The predicted octanol–water partition coefficient (Wildman–Crippen LogP) is 2.60. The van der Waals surface area contributed by atoms with Gasteiger partial charge in [-0.2, -0.15) is 15.8 Å². The number of nitrogens with zero attached hydrogens (tertiary/aromatic N) is 3. The van der Waals surface area contributed by atoms with E-state index >= 15 is 0 Å². The van der Waals surface area contributed by atoms with Gasteiger partial charge in [0.05, 0.1) is 77.7 Å². The van der Waals surface area contributed by atoms with E-state index in [1.807, 2.05) is 0 Å². The lowest BCUT2D eigenvalue weighted by Gasteiger charge is -2.32. The largest absolute Gasteiger partial charge is 0.382 e. The molecule has 0 N–H and O–H groups in total. The van der Waals surface area contributed by atoms with Crippen LogP contribution in [0.2, 0.25) is 0 Å². The molecule has 0 fully saturated rings. The molecule has 8 nitrogen and oxygen atoms in total. The molecular weight excluding hydrogens is 362 g/mol. The second-order valence-electron chi connectivity index (χ2n) is 6.36. The Balaban J connectivity index is 3.90. The molecule has 0 heterocycles. The van der Waals surface area contributed by atoms with E-state index < -0.39 is 0 Å². The standard InChI is InChI=1S/C20H33N3O5/c1-24-11-12-25-13-14-26-15-16-27-17-18-28-19-20(5-2-8-21,6-3-9-22)7-4-10-23/h2-7,11-19H2,1H3. The molecule has 0 aromatic rings. The smallest absolute Gasteiger partial charge is 0.0701 e. The molecule has 0 saturated carbocycles. The maximum absolute atomic E-state index is 8.90. The van der Waals surface area contributed by atoms with E-state index in [2.05, 4.69) is 18.2 Å². The summed E-state index contributed by atoms with van der Waals surface area (Å²) in [7, 11) is 1.63. The molecule has 8 heteroatoms.